The van der Waals surface area contributed by atoms with Gasteiger partial charge in [-0.15, -0.1) is 24.0 Å². The number of guanidine groups is 1. The maximum Gasteiger partial charge on any atom is 0.191 e. The van der Waals surface area contributed by atoms with Gasteiger partial charge in [-0.2, -0.15) is 0 Å². The van der Waals surface area contributed by atoms with E-state index in [1.54, 1.807) is 0 Å². The van der Waals surface area contributed by atoms with E-state index >= 15 is 0 Å². The molecule has 2 unspecified atom stereocenters. The van der Waals surface area contributed by atoms with Crippen LogP contribution in [0.25, 0.3) is 10.8 Å². The maximum absolute atomic E-state index is 12.2. The van der Waals surface area contributed by atoms with Crippen LogP contribution in [0.5, 0.6) is 0 Å². The molecule has 2 rings (SSSR count). The van der Waals surface area contributed by atoms with E-state index in [-0.39, 0.29) is 34.8 Å². The fourth-order valence-corrected chi connectivity index (χ4v) is 3.65. The number of rotatable bonds is 6. The van der Waals surface area contributed by atoms with Crippen LogP contribution in [0.1, 0.15) is 46.2 Å². The predicted molar refractivity (Wildman–Crippen MR) is 130 cm³/mol. The Kier molecular flexibility index (Phi) is 9.73. The highest BCUT2D eigenvalue weighted by Gasteiger charge is 2.18. The lowest BCUT2D eigenvalue weighted by atomic mass is 10.00. The van der Waals surface area contributed by atoms with Gasteiger partial charge in [0.2, 0.25) is 0 Å². The lowest BCUT2D eigenvalue weighted by molar-refractivity contribution is 0.648. The van der Waals surface area contributed by atoms with Crippen LogP contribution in [-0.4, -0.2) is 33.8 Å². The highest BCUT2D eigenvalue weighted by atomic mass is 127. The van der Waals surface area contributed by atoms with E-state index in [4.69, 9.17) is 0 Å². The summed E-state index contributed by atoms with van der Waals surface area (Å²) in [6, 6.07) is 14.9. The zero-order valence-electron chi connectivity index (χ0n) is 16.9. The van der Waals surface area contributed by atoms with Crippen molar-refractivity contribution in [2.24, 2.45) is 4.99 Å². The summed E-state index contributed by atoms with van der Waals surface area (Å²) in [7, 11) is -0.888. The molecule has 0 saturated carbocycles. The summed E-state index contributed by atoms with van der Waals surface area (Å²) in [5.74, 6) is 1.33. The first-order chi connectivity index (χ1) is 12.3. The lowest BCUT2D eigenvalue weighted by Gasteiger charge is -2.20. The first-order valence-electron chi connectivity index (χ1n) is 9.24. The van der Waals surface area contributed by atoms with Gasteiger partial charge in [0, 0.05) is 27.8 Å². The van der Waals surface area contributed by atoms with Gasteiger partial charge in [-0.3, -0.25) is 9.20 Å². The molecule has 27 heavy (non-hydrogen) atoms. The maximum atomic E-state index is 12.2. The van der Waals surface area contributed by atoms with Gasteiger partial charge in [-0.05, 0) is 51.0 Å². The minimum Gasteiger partial charge on any atom is -0.357 e. The molecule has 150 valence electrons. The summed E-state index contributed by atoms with van der Waals surface area (Å²) < 4.78 is 12.0. The molecule has 6 heteroatoms. The van der Waals surface area contributed by atoms with E-state index in [1.165, 1.54) is 16.3 Å². The molecule has 0 aliphatic carbocycles. The van der Waals surface area contributed by atoms with Crippen LogP contribution >= 0.6 is 24.0 Å². The Morgan fingerprint density at radius 3 is 2.48 bits per heavy atom. The van der Waals surface area contributed by atoms with Crippen molar-refractivity contribution in [1.82, 2.24) is 10.6 Å². The third-order valence-electron chi connectivity index (χ3n) is 4.22. The standard InChI is InChI=1S/C21H31N3OS.HI/c1-6-22-20(23-14-15-26(25)21(3,4)5)24-16(2)18-13-9-11-17-10-7-8-12-19(17)18;/h7-13,16H,6,14-15H2,1-5H3,(H2,22,23,24);1H. The first kappa shape index (κ1) is 23.9. The number of hydrogen-bond donors (Lipinski definition) is 2. The summed E-state index contributed by atoms with van der Waals surface area (Å²) in [4.78, 5) is 4.61. The summed E-state index contributed by atoms with van der Waals surface area (Å²) >= 11 is 0. The van der Waals surface area contributed by atoms with E-state index in [0.717, 1.165) is 12.5 Å². The zero-order valence-corrected chi connectivity index (χ0v) is 20.1. The summed E-state index contributed by atoms with van der Waals surface area (Å²) in [5, 5.41) is 9.25. The normalized spacial score (nSPS) is 14.3. The van der Waals surface area contributed by atoms with Crippen molar-refractivity contribution in [1.29, 1.82) is 0 Å². The molecule has 2 N–H and O–H groups in total. The largest absolute Gasteiger partial charge is 0.357 e. The van der Waals surface area contributed by atoms with Gasteiger partial charge in [-0.1, -0.05) is 42.5 Å². The molecule has 0 heterocycles. The van der Waals surface area contributed by atoms with Crippen LogP contribution in [-0.2, 0) is 10.8 Å². The smallest absolute Gasteiger partial charge is 0.191 e. The number of halogens is 1. The van der Waals surface area contributed by atoms with Crippen LogP contribution in [0.15, 0.2) is 47.5 Å². The van der Waals surface area contributed by atoms with Crippen LogP contribution in [0.4, 0.5) is 0 Å². The molecule has 0 aromatic heterocycles. The van der Waals surface area contributed by atoms with E-state index in [1.807, 2.05) is 27.7 Å². The summed E-state index contributed by atoms with van der Waals surface area (Å²) in [6.07, 6.45) is 0. The molecule has 2 atom stereocenters. The number of benzene rings is 2. The lowest BCUT2D eigenvalue weighted by Crippen LogP contribution is -2.39. The molecule has 2 aromatic carbocycles. The van der Waals surface area contributed by atoms with Gasteiger partial charge in [-0.25, -0.2) is 0 Å². The summed E-state index contributed by atoms with van der Waals surface area (Å²) in [6.45, 7) is 11.5. The van der Waals surface area contributed by atoms with Gasteiger partial charge < -0.3 is 10.6 Å². The Bertz CT molecular complexity index is 781. The van der Waals surface area contributed by atoms with Crippen LogP contribution in [0.2, 0.25) is 0 Å². The quantitative estimate of drug-likeness (QED) is 0.345. The first-order valence-corrected chi connectivity index (χ1v) is 10.6. The number of aliphatic imine (C=N–C) groups is 1. The van der Waals surface area contributed by atoms with Gasteiger partial charge >= 0.3 is 0 Å². The highest BCUT2D eigenvalue weighted by molar-refractivity contribution is 14.0. The van der Waals surface area contributed by atoms with Gasteiger partial charge in [0.1, 0.15) is 0 Å². The highest BCUT2D eigenvalue weighted by Crippen LogP contribution is 2.23. The average molecular weight is 501 g/mol. The Balaban J connectivity index is 0.00000364. The Morgan fingerprint density at radius 1 is 1.15 bits per heavy atom. The second kappa shape index (κ2) is 11.0. The van der Waals surface area contributed by atoms with Crippen LogP contribution in [0.3, 0.4) is 0 Å². The molecule has 0 amide bonds. The fourth-order valence-electron chi connectivity index (χ4n) is 2.78. The molecule has 0 spiro atoms. The van der Waals surface area contributed by atoms with E-state index in [9.17, 15) is 4.21 Å². The number of hydrogen-bond acceptors (Lipinski definition) is 2. The van der Waals surface area contributed by atoms with E-state index in [0.29, 0.717) is 12.3 Å². The Labute approximate surface area is 183 Å². The number of nitrogens with zero attached hydrogens (tertiary/aromatic N) is 1. The van der Waals surface area contributed by atoms with Crippen molar-refractivity contribution < 1.29 is 4.21 Å². The SMILES string of the molecule is CCNC(=NCCS(=O)C(C)(C)C)NC(C)c1cccc2ccccc12.I. The van der Waals surface area contributed by atoms with Gasteiger partial charge in [0.05, 0.1) is 12.6 Å². The molecule has 4 nitrogen and oxygen atoms in total. The number of nitrogens with one attached hydrogen (secondary N) is 2. The topological polar surface area (TPSA) is 53.5 Å². The Hall–Kier alpha value is -1.15. The van der Waals surface area contributed by atoms with Gasteiger partial charge in [0.15, 0.2) is 5.96 Å². The third-order valence-corrected chi connectivity index (χ3v) is 6.14. The fraction of sp³-hybridized carbons (Fsp3) is 0.476. The minimum atomic E-state index is -0.888. The summed E-state index contributed by atoms with van der Waals surface area (Å²) in [5.41, 5.74) is 1.24. The molecule has 0 fully saturated rings. The molecule has 0 bridgehead atoms. The van der Waals surface area contributed by atoms with Crippen molar-refractivity contribution in [2.45, 2.75) is 45.4 Å². The van der Waals surface area contributed by atoms with Crippen molar-refractivity contribution in [2.75, 3.05) is 18.8 Å². The third kappa shape index (κ3) is 7.07. The van der Waals surface area contributed by atoms with E-state index < -0.39 is 10.8 Å². The predicted octanol–water partition coefficient (Wildman–Crippen LogP) is 4.62. The van der Waals surface area contributed by atoms with Crippen molar-refractivity contribution >= 4 is 51.5 Å². The molecule has 0 aliphatic rings. The second-order valence-corrected chi connectivity index (χ2v) is 9.68. The molecule has 0 saturated heterocycles. The monoisotopic (exact) mass is 501 g/mol. The molecule has 0 aliphatic heterocycles. The Morgan fingerprint density at radius 2 is 1.81 bits per heavy atom. The van der Waals surface area contributed by atoms with Crippen molar-refractivity contribution in [3.63, 3.8) is 0 Å². The van der Waals surface area contributed by atoms with Crippen LogP contribution in [0, 0.1) is 0 Å². The average Bonchev–Trinajstić information content (AvgIpc) is 2.60. The van der Waals surface area contributed by atoms with Crippen molar-refractivity contribution in [3.8, 4) is 0 Å². The van der Waals surface area contributed by atoms with E-state index in [2.05, 4.69) is 65.0 Å². The second-order valence-electron chi connectivity index (χ2n) is 7.36. The van der Waals surface area contributed by atoms with Crippen LogP contribution < -0.4 is 10.6 Å². The minimum absolute atomic E-state index is 0. The number of fused-ring (bicyclic) bond motifs is 1. The van der Waals surface area contributed by atoms with Crippen molar-refractivity contribution in [3.05, 3.63) is 48.0 Å². The molecular formula is C21H32IN3OS. The molecular weight excluding hydrogens is 469 g/mol. The molecule has 0 radical (unpaired) electrons. The zero-order chi connectivity index (χ0) is 19.2. The van der Waals surface area contributed by atoms with Gasteiger partial charge in [0.25, 0.3) is 0 Å². The molecule has 2 aromatic rings.